The molecule has 0 saturated heterocycles. The summed E-state index contributed by atoms with van der Waals surface area (Å²) in [6, 6.07) is 13.4. The fourth-order valence-electron chi connectivity index (χ4n) is 2.58. The summed E-state index contributed by atoms with van der Waals surface area (Å²) < 4.78 is 11.8. The van der Waals surface area contributed by atoms with Crippen molar-refractivity contribution in [2.45, 2.75) is 20.4 Å². The summed E-state index contributed by atoms with van der Waals surface area (Å²) in [4.78, 5) is 14.4. The van der Waals surface area contributed by atoms with Gasteiger partial charge in [-0.1, -0.05) is 25.1 Å². The van der Waals surface area contributed by atoms with Crippen molar-refractivity contribution < 1.29 is 14.3 Å². The van der Waals surface area contributed by atoms with E-state index in [2.05, 4.69) is 26.1 Å². The fraction of sp³-hybridized carbons (Fsp3) is 0.350. The number of amides is 1. The number of nitrogens with one attached hydrogen (secondary N) is 1. The molecule has 0 saturated carbocycles. The van der Waals surface area contributed by atoms with Gasteiger partial charge in [0.2, 0.25) is 5.91 Å². The standard InChI is InChI=1S/C20H25BrN2O3/c1-4-23(14-20(24)22-17-9-7-6-8-16(17)21)13-15-10-11-18(26-5-2)19(12-15)25-3/h6-12H,4-5,13-14H2,1-3H3,(H,22,24). The molecule has 0 aliphatic carbocycles. The first-order chi connectivity index (χ1) is 12.6. The molecule has 0 aliphatic heterocycles. The Hall–Kier alpha value is -2.05. The third-order valence-electron chi connectivity index (χ3n) is 3.90. The number of methoxy groups -OCH3 is 1. The van der Waals surface area contributed by atoms with Gasteiger partial charge in [0.05, 0.1) is 25.9 Å². The number of hydrogen-bond donors (Lipinski definition) is 1. The van der Waals surface area contributed by atoms with Crippen molar-refractivity contribution in [1.29, 1.82) is 0 Å². The fourth-order valence-corrected chi connectivity index (χ4v) is 2.96. The Kier molecular flexibility index (Phi) is 7.94. The van der Waals surface area contributed by atoms with Crippen LogP contribution in [0.1, 0.15) is 19.4 Å². The van der Waals surface area contributed by atoms with E-state index in [-0.39, 0.29) is 5.91 Å². The molecule has 5 nitrogen and oxygen atoms in total. The van der Waals surface area contributed by atoms with Crippen molar-refractivity contribution in [3.05, 3.63) is 52.5 Å². The molecule has 2 aromatic rings. The average Bonchev–Trinajstić information content (AvgIpc) is 2.64. The number of carbonyl (C=O) groups excluding carboxylic acids is 1. The van der Waals surface area contributed by atoms with E-state index in [1.54, 1.807) is 7.11 Å². The Morgan fingerprint density at radius 2 is 1.92 bits per heavy atom. The van der Waals surface area contributed by atoms with Crippen LogP contribution in [0, 0.1) is 0 Å². The average molecular weight is 421 g/mol. The maximum absolute atomic E-state index is 12.4. The number of likely N-dealkylation sites (N-methyl/N-ethyl adjacent to an activating group) is 1. The van der Waals surface area contributed by atoms with Gasteiger partial charge < -0.3 is 14.8 Å². The van der Waals surface area contributed by atoms with Gasteiger partial charge in [-0.05, 0) is 59.2 Å². The van der Waals surface area contributed by atoms with E-state index in [4.69, 9.17) is 9.47 Å². The maximum atomic E-state index is 12.4. The summed E-state index contributed by atoms with van der Waals surface area (Å²) >= 11 is 3.44. The van der Waals surface area contributed by atoms with Crippen LogP contribution >= 0.6 is 15.9 Å². The zero-order valence-corrected chi connectivity index (χ0v) is 17.0. The lowest BCUT2D eigenvalue weighted by molar-refractivity contribution is -0.117. The Labute approximate surface area is 163 Å². The van der Waals surface area contributed by atoms with Crippen LogP contribution in [0.5, 0.6) is 11.5 Å². The number of benzene rings is 2. The monoisotopic (exact) mass is 420 g/mol. The molecule has 2 aromatic carbocycles. The topological polar surface area (TPSA) is 50.8 Å². The number of halogens is 1. The molecular weight excluding hydrogens is 396 g/mol. The lowest BCUT2D eigenvalue weighted by atomic mass is 10.2. The predicted molar refractivity (Wildman–Crippen MR) is 108 cm³/mol. The Morgan fingerprint density at radius 3 is 2.58 bits per heavy atom. The van der Waals surface area contributed by atoms with Gasteiger partial charge in [-0.25, -0.2) is 0 Å². The third kappa shape index (κ3) is 5.75. The SMILES string of the molecule is CCOc1ccc(CN(CC)CC(=O)Nc2ccccc2Br)cc1OC. The van der Waals surface area contributed by atoms with Gasteiger partial charge in [0.1, 0.15) is 0 Å². The summed E-state index contributed by atoms with van der Waals surface area (Å²) in [7, 11) is 1.63. The quantitative estimate of drug-likeness (QED) is 0.656. The molecule has 0 aliphatic rings. The van der Waals surface area contributed by atoms with E-state index in [0.717, 1.165) is 28.0 Å². The predicted octanol–water partition coefficient (Wildman–Crippen LogP) is 4.32. The normalized spacial score (nSPS) is 10.7. The Bertz CT molecular complexity index is 737. The second kappa shape index (κ2) is 10.2. The Balaban J connectivity index is 2.00. The van der Waals surface area contributed by atoms with E-state index in [0.29, 0.717) is 25.4 Å². The molecule has 0 unspecified atom stereocenters. The van der Waals surface area contributed by atoms with E-state index >= 15 is 0 Å². The molecule has 0 spiro atoms. The van der Waals surface area contributed by atoms with Crippen LogP contribution in [0.2, 0.25) is 0 Å². The van der Waals surface area contributed by atoms with Crippen LogP contribution in [-0.4, -0.2) is 37.6 Å². The molecule has 140 valence electrons. The van der Waals surface area contributed by atoms with Gasteiger partial charge in [-0.2, -0.15) is 0 Å². The molecular formula is C20H25BrN2O3. The number of ether oxygens (including phenoxy) is 2. The highest BCUT2D eigenvalue weighted by molar-refractivity contribution is 9.10. The summed E-state index contributed by atoms with van der Waals surface area (Å²) in [6.07, 6.45) is 0. The number of carbonyl (C=O) groups is 1. The van der Waals surface area contributed by atoms with Crippen LogP contribution in [0.4, 0.5) is 5.69 Å². The highest BCUT2D eigenvalue weighted by Crippen LogP contribution is 2.28. The van der Waals surface area contributed by atoms with Gasteiger partial charge in [-0.3, -0.25) is 9.69 Å². The highest BCUT2D eigenvalue weighted by Gasteiger charge is 2.13. The molecule has 1 N–H and O–H groups in total. The first kappa shape index (κ1) is 20.3. The second-order valence-electron chi connectivity index (χ2n) is 5.75. The summed E-state index contributed by atoms with van der Waals surface area (Å²) in [5, 5.41) is 2.94. The van der Waals surface area contributed by atoms with Crippen LogP contribution in [0.15, 0.2) is 46.9 Å². The molecule has 0 heterocycles. The number of nitrogens with zero attached hydrogens (tertiary/aromatic N) is 1. The van der Waals surface area contributed by atoms with Crippen molar-refractivity contribution in [3.63, 3.8) is 0 Å². The zero-order chi connectivity index (χ0) is 18.9. The molecule has 0 aromatic heterocycles. The number of anilines is 1. The highest BCUT2D eigenvalue weighted by atomic mass is 79.9. The van der Waals surface area contributed by atoms with Gasteiger partial charge >= 0.3 is 0 Å². The van der Waals surface area contributed by atoms with Gasteiger partial charge in [0, 0.05) is 11.0 Å². The van der Waals surface area contributed by atoms with Crippen LogP contribution in [0.25, 0.3) is 0 Å². The van der Waals surface area contributed by atoms with Crippen LogP contribution < -0.4 is 14.8 Å². The molecule has 1 amide bonds. The number of hydrogen-bond acceptors (Lipinski definition) is 4. The van der Waals surface area contributed by atoms with E-state index in [1.807, 2.05) is 56.3 Å². The van der Waals surface area contributed by atoms with Gasteiger partial charge in [0.15, 0.2) is 11.5 Å². The van der Waals surface area contributed by atoms with E-state index < -0.39 is 0 Å². The zero-order valence-electron chi connectivity index (χ0n) is 15.4. The van der Waals surface area contributed by atoms with Crippen molar-refractivity contribution >= 4 is 27.5 Å². The van der Waals surface area contributed by atoms with Crippen molar-refractivity contribution in [3.8, 4) is 11.5 Å². The summed E-state index contributed by atoms with van der Waals surface area (Å²) in [6.45, 7) is 6.30. The largest absolute Gasteiger partial charge is 0.493 e. The lowest BCUT2D eigenvalue weighted by Gasteiger charge is -2.21. The third-order valence-corrected chi connectivity index (χ3v) is 4.59. The number of para-hydroxylation sites is 1. The molecule has 0 radical (unpaired) electrons. The molecule has 0 fully saturated rings. The smallest absolute Gasteiger partial charge is 0.238 e. The Morgan fingerprint density at radius 1 is 1.15 bits per heavy atom. The lowest BCUT2D eigenvalue weighted by Crippen LogP contribution is -2.32. The molecule has 0 atom stereocenters. The second-order valence-corrected chi connectivity index (χ2v) is 6.60. The maximum Gasteiger partial charge on any atom is 0.238 e. The summed E-state index contributed by atoms with van der Waals surface area (Å²) in [5.74, 6) is 1.39. The first-order valence-corrected chi connectivity index (χ1v) is 9.43. The molecule has 26 heavy (non-hydrogen) atoms. The minimum atomic E-state index is -0.0448. The van der Waals surface area contributed by atoms with Gasteiger partial charge in [0.25, 0.3) is 0 Å². The number of rotatable bonds is 9. The molecule has 6 heteroatoms. The first-order valence-electron chi connectivity index (χ1n) is 8.63. The van der Waals surface area contributed by atoms with Crippen molar-refractivity contribution in [1.82, 2.24) is 4.90 Å². The van der Waals surface area contributed by atoms with Crippen molar-refractivity contribution in [2.24, 2.45) is 0 Å². The summed E-state index contributed by atoms with van der Waals surface area (Å²) in [5.41, 5.74) is 1.84. The van der Waals surface area contributed by atoms with Crippen molar-refractivity contribution in [2.75, 3.05) is 32.1 Å². The molecule has 0 bridgehead atoms. The van der Waals surface area contributed by atoms with Crippen LogP contribution in [-0.2, 0) is 11.3 Å². The van der Waals surface area contributed by atoms with E-state index in [9.17, 15) is 4.79 Å². The van der Waals surface area contributed by atoms with Gasteiger partial charge in [-0.15, -0.1) is 0 Å². The minimum absolute atomic E-state index is 0.0448. The van der Waals surface area contributed by atoms with Crippen LogP contribution in [0.3, 0.4) is 0 Å². The molecule has 2 rings (SSSR count). The minimum Gasteiger partial charge on any atom is -0.493 e. The van der Waals surface area contributed by atoms with E-state index in [1.165, 1.54) is 0 Å².